The molecule has 0 radical (unpaired) electrons. The number of aliphatic hydroxyl groups is 1. The monoisotopic (exact) mass is 616 g/mol. The molecule has 0 saturated heterocycles. The van der Waals surface area contributed by atoms with Crippen molar-refractivity contribution < 1.29 is 36.2 Å². The van der Waals surface area contributed by atoms with Gasteiger partial charge in [0.2, 0.25) is 0 Å². The molecule has 1 aliphatic heterocycles. The summed E-state index contributed by atoms with van der Waals surface area (Å²) >= 11 is 0. The number of benzene rings is 2. The number of alkyl halides is 3. The number of rotatable bonds is 12. The quantitative estimate of drug-likeness (QED) is 0.202. The molecule has 0 unspecified atom stereocenters. The molecule has 7 nitrogen and oxygen atoms in total. The Labute approximate surface area is 249 Å². The number of pyridine rings is 1. The molecule has 0 saturated carbocycles. The number of hydrogen-bond donors (Lipinski definition) is 2. The van der Waals surface area contributed by atoms with Crippen molar-refractivity contribution in [2.75, 3.05) is 4.72 Å². The number of nitrogens with one attached hydrogen (secondary N) is 1. The van der Waals surface area contributed by atoms with Crippen LogP contribution in [0.2, 0.25) is 0 Å². The highest BCUT2D eigenvalue weighted by Crippen LogP contribution is 2.42. The van der Waals surface area contributed by atoms with Gasteiger partial charge in [0.25, 0.3) is 10.0 Å². The number of unbranched alkanes of at least 4 members (excludes halogenated alkanes) is 1. The van der Waals surface area contributed by atoms with Crippen LogP contribution in [0.4, 0.5) is 18.9 Å². The van der Waals surface area contributed by atoms with E-state index in [0.29, 0.717) is 43.5 Å². The zero-order valence-corrected chi connectivity index (χ0v) is 24.8. The van der Waals surface area contributed by atoms with Gasteiger partial charge in [0.05, 0.1) is 11.1 Å². The van der Waals surface area contributed by atoms with E-state index >= 15 is 0 Å². The van der Waals surface area contributed by atoms with Crippen LogP contribution < -0.4 is 4.72 Å². The Morgan fingerprint density at radius 3 is 2.40 bits per heavy atom. The summed E-state index contributed by atoms with van der Waals surface area (Å²) in [4.78, 5) is 17.0. The van der Waals surface area contributed by atoms with Crippen molar-refractivity contribution in [3.63, 3.8) is 0 Å². The molecule has 3 aromatic rings. The molecule has 1 aromatic heterocycles. The van der Waals surface area contributed by atoms with Gasteiger partial charge in [-0.25, -0.2) is 9.78 Å². The number of halogens is 3. The number of aromatic nitrogens is 1. The lowest BCUT2D eigenvalue weighted by atomic mass is 9.79. The van der Waals surface area contributed by atoms with Crippen LogP contribution in [0.15, 0.2) is 89.3 Å². The lowest BCUT2D eigenvalue weighted by Gasteiger charge is -2.39. The standard InChI is InChI=1S/C32H35F3N2O5S/c1-3-5-17-31(18-16-22-10-7-6-8-11-22)20-27(38)29(30(39)42-31)26(4-2)23-12-9-13-25(19-23)37-43(40,41)28-15-14-24(21-36-28)32(33,34)35/h6-15,19,21,26,37-38H,3-5,16-18,20H2,1-2H3/t26-,31-/m1/s1. The van der Waals surface area contributed by atoms with E-state index in [9.17, 15) is 31.5 Å². The van der Waals surface area contributed by atoms with Gasteiger partial charge in [0.1, 0.15) is 11.4 Å². The fourth-order valence-corrected chi connectivity index (χ4v) is 6.39. The zero-order valence-electron chi connectivity index (χ0n) is 24.0. The molecule has 4 rings (SSSR count). The predicted octanol–water partition coefficient (Wildman–Crippen LogP) is 7.72. The first-order chi connectivity index (χ1) is 20.4. The molecule has 2 N–H and O–H groups in total. The van der Waals surface area contributed by atoms with Crippen molar-refractivity contribution in [2.24, 2.45) is 0 Å². The first kappa shape index (κ1) is 32.1. The van der Waals surface area contributed by atoms with Gasteiger partial charge >= 0.3 is 12.1 Å². The van der Waals surface area contributed by atoms with Gasteiger partial charge in [-0.3, -0.25) is 4.72 Å². The van der Waals surface area contributed by atoms with Gasteiger partial charge < -0.3 is 9.84 Å². The number of ether oxygens (including phenoxy) is 1. The van der Waals surface area contributed by atoms with Gasteiger partial charge in [-0.05, 0) is 67.5 Å². The third-order valence-corrected chi connectivity index (χ3v) is 8.96. The Bertz CT molecular complexity index is 1560. The summed E-state index contributed by atoms with van der Waals surface area (Å²) < 4.78 is 72.8. The topological polar surface area (TPSA) is 106 Å². The van der Waals surface area contributed by atoms with Crippen LogP contribution >= 0.6 is 0 Å². The third-order valence-electron chi connectivity index (χ3n) is 7.66. The SMILES string of the molecule is CCCC[C@@]1(CCc2ccccc2)CC(O)=C([C@H](CC)c2cccc(NS(=O)(=O)c3ccc(C(F)(F)F)cn3)c2)C(=O)O1. The predicted molar refractivity (Wildman–Crippen MR) is 157 cm³/mol. The lowest BCUT2D eigenvalue weighted by molar-refractivity contribution is -0.161. The smallest absolute Gasteiger partial charge is 0.417 e. The van der Waals surface area contributed by atoms with Crippen molar-refractivity contribution in [1.29, 1.82) is 0 Å². The summed E-state index contributed by atoms with van der Waals surface area (Å²) in [5.74, 6) is -1.22. The minimum absolute atomic E-state index is 0.0350. The second-order valence-electron chi connectivity index (χ2n) is 10.8. The largest absolute Gasteiger partial charge is 0.512 e. The maximum Gasteiger partial charge on any atom is 0.417 e. The van der Waals surface area contributed by atoms with E-state index in [1.807, 2.05) is 37.3 Å². The maximum atomic E-state index is 13.5. The number of aliphatic hydroxyl groups excluding tert-OH is 1. The Balaban J connectivity index is 1.57. The Morgan fingerprint density at radius 2 is 1.79 bits per heavy atom. The highest BCUT2D eigenvalue weighted by Gasteiger charge is 2.43. The fraction of sp³-hybridized carbons (Fsp3) is 0.375. The fourth-order valence-electron chi connectivity index (χ4n) is 5.41. The first-order valence-corrected chi connectivity index (χ1v) is 15.7. The first-order valence-electron chi connectivity index (χ1n) is 14.2. The zero-order chi connectivity index (χ0) is 31.3. The third kappa shape index (κ3) is 7.76. The second-order valence-corrected chi connectivity index (χ2v) is 12.4. The van der Waals surface area contributed by atoms with E-state index < -0.39 is 44.3 Å². The summed E-state index contributed by atoms with van der Waals surface area (Å²) in [7, 11) is -4.31. The Morgan fingerprint density at radius 1 is 1.05 bits per heavy atom. The molecule has 11 heteroatoms. The molecule has 43 heavy (non-hydrogen) atoms. The highest BCUT2D eigenvalue weighted by molar-refractivity contribution is 7.92. The number of sulfonamides is 1. The average Bonchev–Trinajstić information content (AvgIpc) is 2.97. The Kier molecular flexibility index (Phi) is 9.84. The number of esters is 1. The summed E-state index contributed by atoms with van der Waals surface area (Å²) in [5, 5.41) is 10.7. The molecular formula is C32H35F3N2O5S. The van der Waals surface area contributed by atoms with Gasteiger partial charge in [-0.15, -0.1) is 0 Å². The number of aryl methyl sites for hydroxylation is 1. The van der Waals surface area contributed by atoms with Gasteiger partial charge in [0, 0.05) is 24.2 Å². The second kappa shape index (κ2) is 13.2. The number of carbonyl (C=O) groups is 1. The van der Waals surface area contributed by atoms with E-state index in [2.05, 4.69) is 16.6 Å². The van der Waals surface area contributed by atoms with Crippen LogP contribution in [-0.2, 0) is 32.2 Å². The summed E-state index contributed by atoms with van der Waals surface area (Å²) in [5.41, 5.74) is 0.0418. The van der Waals surface area contributed by atoms with Crippen molar-refractivity contribution in [2.45, 2.75) is 81.5 Å². The Hall–Kier alpha value is -3.86. The minimum atomic E-state index is -4.65. The number of anilines is 1. The van der Waals surface area contributed by atoms with Crippen LogP contribution in [0, 0.1) is 0 Å². The van der Waals surface area contributed by atoms with Gasteiger partial charge in [-0.1, -0.05) is 62.7 Å². The minimum Gasteiger partial charge on any atom is -0.512 e. The average molecular weight is 617 g/mol. The number of nitrogens with zero attached hydrogens (tertiary/aromatic N) is 1. The van der Waals surface area contributed by atoms with Crippen LogP contribution in [-0.4, -0.2) is 30.1 Å². The van der Waals surface area contributed by atoms with E-state index in [-0.39, 0.29) is 23.4 Å². The van der Waals surface area contributed by atoms with Crippen LogP contribution in [0.3, 0.4) is 0 Å². The number of hydrogen-bond acceptors (Lipinski definition) is 6. The molecule has 2 heterocycles. The molecule has 0 spiro atoms. The number of carbonyl (C=O) groups excluding carboxylic acids is 1. The molecule has 1 aliphatic rings. The molecule has 230 valence electrons. The lowest BCUT2D eigenvalue weighted by Crippen LogP contribution is -2.41. The van der Waals surface area contributed by atoms with Crippen LogP contribution in [0.1, 0.15) is 75.0 Å². The van der Waals surface area contributed by atoms with E-state index in [1.54, 1.807) is 12.1 Å². The van der Waals surface area contributed by atoms with Crippen molar-refractivity contribution in [3.05, 3.63) is 101 Å². The molecule has 0 aliphatic carbocycles. The van der Waals surface area contributed by atoms with Crippen molar-refractivity contribution in [3.8, 4) is 0 Å². The van der Waals surface area contributed by atoms with Crippen molar-refractivity contribution >= 4 is 21.7 Å². The maximum absolute atomic E-state index is 13.5. The van der Waals surface area contributed by atoms with Gasteiger partial charge in [0.15, 0.2) is 5.03 Å². The van der Waals surface area contributed by atoms with E-state index in [4.69, 9.17) is 4.74 Å². The molecule has 0 amide bonds. The van der Waals surface area contributed by atoms with E-state index in [1.165, 1.54) is 12.1 Å². The van der Waals surface area contributed by atoms with Gasteiger partial charge in [-0.2, -0.15) is 21.6 Å². The molecule has 2 aromatic carbocycles. The normalized spacial score (nSPS) is 18.3. The summed E-state index contributed by atoms with van der Waals surface area (Å²) in [6.07, 6.45) is 0.0144. The highest BCUT2D eigenvalue weighted by atomic mass is 32.2. The van der Waals surface area contributed by atoms with E-state index in [0.717, 1.165) is 24.5 Å². The molecule has 2 atom stereocenters. The molecular weight excluding hydrogens is 581 g/mol. The molecule has 0 fully saturated rings. The van der Waals surface area contributed by atoms with Crippen LogP contribution in [0.25, 0.3) is 0 Å². The summed E-state index contributed by atoms with van der Waals surface area (Å²) in [6, 6.07) is 17.6. The summed E-state index contributed by atoms with van der Waals surface area (Å²) in [6.45, 7) is 3.90. The number of cyclic esters (lactones) is 1. The molecule has 0 bridgehead atoms. The van der Waals surface area contributed by atoms with Crippen molar-refractivity contribution in [1.82, 2.24) is 4.98 Å². The van der Waals surface area contributed by atoms with Crippen LogP contribution in [0.5, 0.6) is 0 Å².